The van der Waals surface area contributed by atoms with Crippen LogP contribution in [0.15, 0.2) is 0 Å². The zero-order chi connectivity index (χ0) is 30.2. The lowest BCUT2D eigenvalue weighted by molar-refractivity contribution is -0.168. The molecular formula is C36H71NO4. The molecule has 5 nitrogen and oxygen atoms in total. The van der Waals surface area contributed by atoms with Gasteiger partial charge < -0.3 is 4.74 Å². The highest BCUT2D eigenvalue weighted by molar-refractivity contribution is 5.74. The first-order valence-corrected chi connectivity index (χ1v) is 18.0. The Morgan fingerprint density at radius 3 is 1.24 bits per heavy atom. The number of esters is 1. The molecule has 0 atom stereocenters. The molecule has 0 spiro atoms. The summed E-state index contributed by atoms with van der Waals surface area (Å²) in [5, 5.41) is 1.29. The second kappa shape index (κ2) is 31.8. The number of hydroxylamine groups is 2. The van der Waals surface area contributed by atoms with Gasteiger partial charge in [0.25, 0.3) is 0 Å². The first-order chi connectivity index (χ1) is 20.0. The van der Waals surface area contributed by atoms with Gasteiger partial charge in [0.1, 0.15) is 6.10 Å². The number of rotatable bonds is 32. The van der Waals surface area contributed by atoms with Crippen molar-refractivity contribution < 1.29 is 19.2 Å². The van der Waals surface area contributed by atoms with Crippen LogP contribution in [0.1, 0.15) is 200 Å². The molecule has 0 aromatic rings. The maximum atomic E-state index is 12.6. The Morgan fingerprint density at radius 1 is 0.512 bits per heavy atom. The average molecular weight is 582 g/mol. The molecule has 0 bridgehead atoms. The van der Waals surface area contributed by atoms with Crippen molar-refractivity contribution >= 4 is 11.9 Å². The molecule has 0 N–H and O–H groups in total. The van der Waals surface area contributed by atoms with Crippen LogP contribution in [0.25, 0.3) is 0 Å². The van der Waals surface area contributed by atoms with Gasteiger partial charge in [0.15, 0.2) is 0 Å². The van der Waals surface area contributed by atoms with Gasteiger partial charge >= 0.3 is 5.97 Å². The van der Waals surface area contributed by atoms with E-state index < -0.39 is 0 Å². The van der Waals surface area contributed by atoms with E-state index in [0.29, 0.717) is 12.8 Å². The van der Waals surface area contributed by atoms with Crippen molar-refractivity contribution in [1.29, 1.82) is 0 Å². The van der Waals surface area contributed by atoms with E-state index in [0.717, 1.165) is 44.9 Å². The fourth-order valence-electron chi connectivity index (χ4n) is 5.56. The lowest BCUT2D eigenvalue weighted by Gasteiger charge is -2.18. The van der Waals surface area contributed by atoms with E-state index >= 15 is 0 Å². The Kier molecular flexibility index (Phi) is 31.0. The molecule has 0 radical (unpaired) electrons. The van der Waals surface area contributed by atoms with Gasteiger partial charge in [-0.1, -0.05) is 149 Å². The molecule has 0 aromatic heterocycles. The van der Waals surface area contributed by atoms with E-state index in [4.69, 9.17) is 9.57 Å². The van der Waals surface area contributed by atoms with Gasteiger partial charge in [-0.3, -0.25) is 14.4 Å². The molecule has 0 rings (SSSR count). The smallest absolute Gasteiger partial charge is 0.306 e. The minimum absolute atomic E-state index is 0.00828. The zero-order valence-corrected chi connectivity index (χ0v) is 28.2. The van der Waals surface area contributed by atoms with Gasteiger partial charge in [-0.2, -0.15) is 0 Å². The zero-order valence-electron chi connectivity index (χ0n) is 28.2. The fraction of sp³-hybridized carbons (Fsp3) is 0.944. The summed E-state index contributed by atoms with van der Waals surface area (Å²) in [6, 6.07) is 0. The number of ether oxygens (including phenoxy) is 1. The van der Waals surface area contributed by atoms with Crippen LogP contribution in [-0.2, 0) is 19.2 Å². The van der Waals surface area contributed by atoms with Crippen LogP contribution in [0.4, 0.5) is 0 Å². The molecule has 5 heteroatoms. The maximum absolute atomic E-state index is 12.6. The van der Waals surface area contributed by atoms with Crippen LogP contribution < -0.4 is 0 Å². The Balaban J connectivity index is 4.13. The maximum Gasteiger partial charge on any atom is 0.306 e. The predicted octanol–water partition coefficient (Wildman–Crippen LogP) is 11.3. The highest BCUT2D eigenvalue weighted by atomic mass is 16.7. The SMILES string of the molecule is CCCCCCCCCCCCC(CCCCCCCCCCCC)OC(=O)CCCCCCCC(=O)N(C)OC. The molecule has 0 aliphatic carbocycles. The summed E-state index contributed by atoms with van der Waals surface area (Å²) in [4.78, 5) is 29.3. The number of nitrogens with zero attached hydrogens (tertiary/aromatic N) is 1. The van der Waals surface area contributed by atoms with Gasteiger partial charge in [0.05, 0.1) is 7.11 Å². The monoisotopic (exact) mass is 582 g/mol. The van der Waals surface area contributed by atoms with Crippen molar-refractivity contribution in [2.24, 2.45) is 0 Å². The molecule has 0 heterocycles. The first kappa shape index (κ1) is 39.9. The van der Waals surface area contributed by atoms with Crippen LogP contribution >= 0.6 is 0 Å². The number of carbonyl (C=O) groups is 2. The van der Waals surface area contributed by atoms with E-state index in [1.807, 2.05) is 0 Å². The average Bonchev–Trinajstić information content (AvgIpc) is 2.97. The molecule has 0 aliphatic heterocycles. The van der Waals surface area contributed by atoms with E-state index in [2.05, 4.69) is 13.8 Å². The minimum atomic E-state index is -0.00828. The Bertz CT molecular complexity index is 544. The Labute approximate surface area is 256 Å². The summed E-state index contributed by atoms with van der Waals surface area (Å²) >= 11 is 0. The van der Waals surface area contributed by atoms with E-state index in [1.54, 1.807) is 7.05 Å². The number of hydrogen-bond acceptors (Lipinski definition) is 4. The third kappa shape index (κ3) is 28.8. The molecular weight excluding hydrogens is 510 g/mol. The molecule has 1 amide bonds. The van der Waals surface area contributed by atoms with Gasteiger partial charge in [-0.15, -0.1) is 0 Å². The van der Waals surface area contributed by atoms with Crippen molar-refractivity contribution in [3.63, 3.8) is 0 Å². The number of carbonyl (C=O) groups excluding carboxylic acids is 2. The molecule has 41 heavy (non-hydrogen) atoms. The summed E-state index contributed by atoms with van der Waals surface area (Å²) in [6.07, 6.45) is 34.8. The van der Waals surface area contributed by atoms with Gasteiger partial charge in [0, 0.05) is 19.9 Å². The molecule has 0 fully saturated rings. The summed E-state index contributed by atoms with van der Waals surface area (Å²) in [5.41, 5.74) is 0. The number of amides is 1. The number of hydrogen-bond donors (Lipinski definition) is 0. The van der Waals surface area contributed by atoms with Gasteiger partial charge in [0.2, 0.25) is 5.91 Å². The van der Waals surface area contributed by atoms with Gasteiger partial charge in [-0.25, -0.2) is 5.06 Å². The highest BCUT2D eigenvalue weighted by Gasteiger charge is 2.14. The predicted molar refractivity (Wildman–Crippen MR) is 175 cm³/mol. The second-order valence-corrected chi connectivity index (χ2v) is 12.4. The normalized spacial score (nSPS) is 11.3. The van der Waals surface area contributed by atoms with Crippen molar-refractivity contribution in [1.82, 2.24) is 5.06 Å². The Hall–Kier alpha value is -1.10. The topological polar surface area (TPSA) is 55.8 Å². The second-order valence-electron chi connectivity index (χ2n) is 12.4. The lowest BCUT2D eigenvalue weighted by Crippen LogP contribution is -2.24. The van der Waals surface area contributed by atoms with Crippen molar-refractivity contribution in [2.75, 3.05) is 14.2 Å². The summed E-state index contributed by atoms with van der Waals surface area (Å²) in [5.74, 6) is 0.0120. The Morgan fingerprint density at radius 2 is 0.854 bits per heavy atom. The summed E-state index contributed by atoms with van der Waals surface area (Å²) in [6.45, 7) is 4.55. The van der Waals surface area contributed by atoms with Crippen LogP contribution in [0, 0.1) is 0 Å². The largest absolute Gasteiger partial charge is 0.462 e. The van der Waals surface area contributed by atoms with Crippen LogP contribution in [0.5, 0.6) is 0 Å². The molecule has 0 aliphatic rings. The fourth-order valence-corrected chi connectivity index (χ4v) is 5.56. The molecule has 0 saturated heterocycles. The molecule has 0 unspecified atom stereocenters. The quantitative estimate of drug-likeness (QED) is 0.0450. The standard InChI is InChI=1S/C36H71NO4/c1-5-7-9-11-13-15-17-19-22-26-30-34(31-27-23-20-18-16-14-12-10-8-6-2)41-36(39)33-29-25-21-24-28-32-35(38)37(3)40-4/h34H,5-33H2,1-4H3. The third-order valence-electron chi connectivity index (χ3n) is 8.45. The highest BCUT2D eigenvalue weighted by Crippen LogP contribution is 2.19. The number of unbranched alkanes of at least 4 members (excludes halogenated alkanes) is 22. The summed E-state index contributed by atoms with van der Waals surface area (Å²) < 4.78 is 6.01. The lowest BCUT2D eigenvalue weighted by atomic mass is 10.0. The van der Waals surface area contributed by atoms with Crippen LogP contribution in [0.3, 0.4) is 0 Å². The first-order valence-electron chi connectivity index (χ1n) is 18.0. The van der Waals surface area contributed by atoms with Crippen molar-refractivity contribution in [2.45, 2.75) is 206 Å². The summed E-state index contributed by atoms with van der Waals surface area (Å²) in [7, 11) is 3.16. The van der Waals surface area contributed by atoms with Crippen molar-refractivity contribution in [3.05, 3.63) is 0 Å². The van der Waals surface area contributed by atoms with E-state index in [1.165, 1.54) is 141 Å². The van der Waals surface area contributed by atoms with Crippen LogP contribution in [-0.4, -0.2) is 37.2 Å². The van der Waals surface area contributed by atoms with E-state index in [-0.39, 0.29) is 18.0 Å². The van der Waals surface area contributed by atoms with E-state index in [9.17, 15) is 9.59 Å². The van der Waals surface area contributed by atoms with Crippen molar-refractivity contribution in [3.8, 4) is 0 Å². The molecule has 244 valence electrons. The van der Waals surface area contributed by atoms with Gasteiger partial charge in [-0.05, 0) is 38.5 Å². The van der Waals surface area contributed by atoms with Crippen LogP contribution in [0.2, 0.25) is 0 Å². The molecule has 0 aromatic carbocycles. The minimum Gasteiger partial charge on any atom is -0.462 e. The molecule has 0 saturated carbocycles. The third-order valence-corrected chi connectivity index (χ3v) is 8.45.